The topological polar surface area (TPSA) is 66.4 Å². The first-order chi connectivity index (χ1) is 6.59. The van der Waals surface area contributed by atoms with E-state index in [2.05, 4.69) is 4.72 Å². The molecule has 0 aromatic heterocycles. The molecule has 1 aromatic carbocycles. The minimum absolute atomic E-state index is 0.0167. The first-order valence-corrected chi connectivity index (χ1v) is 5.14. The molecule has 0 bridgehead atoms. The summed E-state index contributed by atoms with van der Waals surface area (Å²) in [6.45, 7) is 1.75. The number of Topliss-reactive ketones (excluding diaryl/α,β-unsaturated/α-hetero) is 1. The minimum atomic E-state index is -2.02. The highest BCUT2D eigenvalue weighted by Crippen LogP contribution is 2.05. The Labute approximate surface area is 84.8 Å². The van der Waals surface area contributed by atoms with Crippen LogP contribution in [-0.2, 0) is 17.8 Å². The summed E-state index contributed by atoms with van der Waals surface area (Å²) in [5.41, 5.74) is 1.41. The first kappa shape index (κ1) is 11.0. The van der Waals surface area contributed by atoms with E-state index in [1.165, 1.54) is 6.92 Å². The summed E-state index contributed by atoms with van der Waals surface area (Å²) < 4.78 is 21.2. The number of hydrogen-bond donors (Lipinski definition) is 2. The van der Waals surface area contributed by atoms with Gasteiger partial charge in [0.15, 0.2) is 5.78 Å². The Morgan fingerprint density at radius 1 is 1.57 bits per heavy atom. The molecule has 0 aliphatic heterocycles. The highest BCUT2D eigenvalue weighted by Gasteiger charge is 2.00. The number of nitrogens with one attached hydrogen (secondary N) is 1. The molecule has 1 unspecified atom stereocenters. The van der Waals surface area contributed by atoms with Gasteiger partial charge in [0.25, 0.3) is 0 Å². The maximum absolute atomic E-state index is 11.0. The molecule has 76 valence electrons. The first-order valence-electron chi connectivity index (χ1n) is 4.04. The lowest BCUT2D eigenvalue weighted by atomic mass is 10.1. The van der Waals surface area contributed by atoms with Gasteiger partial charge >= 0.3 is 0 Å². The van der Waals surface area contributed by atoms with Crippen LogP contribution < -0.4 is 4.72 Å². The van der Waals surface area contributed by atoms with Gasteiger partial charge in [0.2, 0.25) is 11.3 Å². The van der Waals surface area contributed by atoms with Gasteiger partial charge in [-0.05, 0) is 18.6 Å². The maximum Gasteiger partial charge on any atom is 0.232 e. The van der Waals surface area contributed by atoms with Crippen LogP contribution in [0.5, 0.6) is 0 Å². The zero-order chi connectivity index (χ0) is 10.6. The van der Waals surface area contributed by atoms with Crippen molar-refractivity contribution in [2.45, 2.75) is 13.5 Å². The van der Waals surface area contributed by atoms with Crippen molar-refractivity contribution in [1.29, 1.82) is 0 Å². The van der Waals surface area contributed by atoms with E-state index in [-0.39, 0.29) is 12.3 Å². The lowest BCUT2D eigenvalue weighted by Gasteiger charge is -2.02. The van der Waals surface area contributed by atoms with Crippen molar-refractivity contribution in [3.8, 4) is 0 Å². The smallest absolute Gasteiger partial charge is 0.232 e. The number of hydrogen-bond acceptors (Lipinski definition) is 2. The molecular weight excluding hydrogens is 202 g/mol. The van der Waals surface area contributed by atoms with Crippen molar-refractivity contribution in [3.05, 3.63) is 35.4 Å². The highest BCUT2D eigenvalue weighted by molar-refractivity contribution is 7.77. The molecule has 14 heavy (non-hydrogen) atoms. The molecule has 0 spiro atoms. The van der Waals surface area contributed by atoms with E-state index in [0.29, 0.717) is 5.56 Å². The van der Waals surface area contributed by atoms with Gasteiger partial charge in [-0.3, -0.25) is 9.35 Å². The van der Waals surface area contributed by atoms with E-state index >= 15 is 0 Å². The van der Waals surface area contributed by atoms with E-state index in [1.807, 2.05) is 0 Å². The van der Waals surface area contributed by atoms with Crippen molar-refractivity contribution < 1.29 is 13.6 Å². The molecule has 0 heterocycles. The Bertz CT molecular complexity index is 365. The molecule has 0 radical (unpaired) electrons. The van der Waals surface area contributed by atoms with Crippen molar-refractivity contribution >= 4 is 17.0 Å². The number of carbonyl (C=O) groups excluding carboxylic acids is 1. The predicted octanol–water partition coefficient (Wildman–Crippen LogP) is 1.12. The fraction of sp³-hybridized carbons (Fsp3) is 0.222. The van der Waals surface area contributed by atoms with Gasteiger partial charge in [0, 0.05) is 12.1 Å². The summed E-state index contributed by atoms with van der Waals surface area (Å²) >= 11 is -2.02. The van der Waals surface area contributed by atoms with Crippen LogP contribution in [0.1, 0.15) is 22.8 Å². The fourth-order valence-electron chi connectivity index (χ4n) is 1.05. The van der Waals surface area contributed by atoms with Gasteiger partial charge in [-0.2, -0.15) is 0 Å². The summed E-state index contributed by atoms with van der Waals surface area (Å²) in [6.07, 6.45) is 0. The normalized spacial score (nSPS) is 12.4. The van der Waals surface area contributed by atoms with Gasteiger partial charge in [0.05, 0.1) is 0 Å². The molecule has 0 saturated carbocycles. The number of carbonyl (C=O) groups is 1. The van der Waals surface area contributed by atoms with Crippen LogP contribution in [0.25, 0.3) is 0 Å². The number of ketones is 1. The molecule has 0 aliphatic carbocycles. The van der Waals surface area contributed by atoms with Gasteiger partial charge in [-0.25, -0.2) is 8.93 Å². The van der Waals surface area contributed by atoms with E-state index < -0.39 is 11.3 Å². The second-order valence-electron chi connectivity index (χ2n) is 2.83. The quantitative estimate of drug-likeness (QED) is 0.581. The Morgan fingerprint density at radius 3 is 2.86 bits per heavy atom. The monoisotopic (exact) mass is 213 g/mol. The van der Waals surface area contributed by atoms with Crippen LogP contribution in [0.3, 0.4) is 0 Å². The van der Waals surface area contributed by atoms with Crippen LogP contribution in [0.4, 0.5) is 0 Å². The summed E-state index contributed by atoms with van der Waals surface area (Å²) in [6, 6.07) is 6.93. The standard InChI is InChI=1S/C9H11NO3S/c1-7(11)9-4-2-3-8(5-9)6-10-14(12)13/h2-5,10H,6H2,1H3,(H,12,13). The molecule has 1 rings (SSSR count). The number of benzene rings is 1. The molecule has 0 fully saturated rings. The second kappa shape index (κ2) is 4.99. The molecule has 1 aromatic rings. The van der Waals surface area contributed by atoms with Gasteiger partial charge in [-0.1, -0.05) is 18.2 Å². The highest BCUT2D eigenvalue weighted by atomic mass is 32.2. The third-order valence-electron chi connectivity index (χ3n) is 1.73. The fourth-order valence-corrected chi connectivity index (χ4v) is 1.34. The van der Waals surface area contributed by atoms with Gasteiger partial charge in [0.1, 0.15) is 0 Å². The Morgan fingerprint density at radius 2 is 2.29 bits per heavy atom. The van der Waals surface area contributed by atoms with Gasteiger partial charge in [-0.15, -0.1) is 0 Å². The molecule has 0 aliphatic rings. The molecule has 4 nitrogen and oxygen atoms in total. The number of rotatable bonds is 4. The molecule has 0 amide bonds. The average molecular weight is 213 g/mol. The molecule has 5 heteroatoms. The average Bonchev–Trinajstić information content (AvgIpc) is 2.15. The predicted molar refractivity (Wildman–Crippen MR) is 54.1 cm³/mol. The lowest BCUT2D eigenvalue weighted by molar-refractivity contribution is 0.101. The van der Waals surface area contributed by atoms with Crippen LogP contribution in [0.15, 0.2) is 24.3 Å². The Kier molecular flexibility index (Phi) is 3.94. The summed E-state index contributed by atoms with van der Waals surface area (Å²) in [7, 11) is 0. The summed E-state index contributed by atoms with van der Waals surface area (Å²) in [4.78, 5) is 11.0. The van der Waals surface area contributed by atoms with E-state index in [1.54, 1.807) is 24.3 Å². The summed E-state index contributed by atoms with van der Waals surface area (Å²) in [5.74, 6) is -0.0167. The van der Waals surface area contributed by atoms with Crippen molar-refractivity contribution in [1.82, 2.24) is 4.72 Å². The van der Waals surface area contributed by atoms with Crippen molar-refractivity contribution in [2.75, 3.05) is 0 Å². The van der Waals surface area contributed by atoms with E-state index in [4.69, 9.17) is 4.55 Å². The molecule has 0 saturated heterocycles. The van der Waals surface area contributed by atoms with E-state index in [0.717, 1.165) is 5.56 Å². The van der Waals surface area contributed by atoms with Crippen LogP contribution in [-0.4, -0.2) is 14.5 Å². The largest absolute Gasteiger partial charge is 0.295 e. The third-order valence-corrected chi connectivity index (χ3v) is 2.12. The van der Waals surface area contributed by atoms with Gasteiger partial charge < -0.3 is 0 Å². The lowest BCUT2D eigenvalue weighted by Crippen LogP contribution is -2.15. The molecule has 2 N–H and O–H groups in total. The second-order valence-corrected chi connectivity index (χ2v) is 3.61. The van der Waals surface area contributed by atoms with Crippen molar-refractivity contribution in [2.24, 2.45) is 0 Å². The van der Waals surface area contributed by atoms with Crippen LogP contribution in [0, 0.1) is 0 Å². The Hall–Kier alpha value is -1.04. The minimum Gasteiger partial charge on any atom is -0.295 e. The summed E-state index contributed by atoms with van der Waals surface area (Å²) in [5, 5.41) is 0. The zero-order valence-corrected chi connectivity index (χ0v) is 8.50. The SMILES string of the molecule is CC(=O)c1cccc(CNS(=O)O)c1. The van der Waals surface area contributed by atoms with Crippen LogP contribution in [0.2, 0.25) is 0 Å². The molecular formula is C9H11NO3S. The third kappa shape index (κ3) is 3.37. The van der Waals surface area contributed by atoms with Crippen molar-refractivity contribution in [3.63, 3.8) is 0 Å². The zero-order valence-electron chi connectivity index (χ0n) is 7.69. The maximum atomic E-state index is 11.0. The van der Waals surface area contributed by atoms with Crippen LogP contribution >= 0.6 is 0 Å². The van der Waals surface area contributed by atoms with E-state index in [9.17, 15) is 9.00 Å². The molecule has 1 atom stereocenters. The Balaban J connectivity index is 2.73.